The molecular weight excluding hydrogens is 466 g/mol. The molecule has 188 valence electrons. The lowest BCUT2D eigenvalue weighted by Crippen LogP contribution is -2.55. The smallest absolute Gasteiger partial charge is 0.270 e. The molecule has 0 bridgehead atoms. The Morgan fingerprint density at radius 1 is 1.05 bits per heavy atom. The summed E-state index contributed by atoms with van der Waals surface area (Å²) in [4.78, 5) is 24.3. The van der Waals surface area contributed by atoms with E-state index in [9.17, 15) is 9.90 Å². The first-order valence-corrected chi connectivity index (χ1v) is 12.5. The molecule has 2 aliphatic rings. The van der Waals surface area contributed by atoms with Gasteiger partial charge >= 0.3 is 0 Å². The number of nitrogens with one attached hydrogen (secondary N) is 1. The van der Waals surface area contributed by atoms with Gasteiger partial charge in [-0.25, -0.2) is 9.97 Å². The van der Waals surface area contributed by atoms with Crippen LogP contribution < -0.4 is 10.1 Å². The molecule has 6 rings (SSSR count). The molecular formula is C29H29N5O3. The maximum atomic E-state index is 13.2. The van der Waals surface area contributed by atoms with E-state index < -0.39 is 12.1 Å². The Labute approximate surface area is 215 Å². The number of benzene rings is 2. The van der Waals surface area contributed by atoms with Crippen molar-refractivity contribution in [1.82, 2.24) is 24.8 Å². The van der Waals surface area contributed by atoms with Crippen LogP contribution >= 0.6 is 0 Å². The summed E-state index contributed by atoms with van der Waals surface area (Å²) in [5, 5.41) is 13.8. The van der Waals surface area contributed by atoms with Gasteiger partial charge in [-0.05, 0) is 47.7 Å². The molecule has 2 aromatic carbocycles. The zero-order valence-electron chi connectivity index (χ0n) is 20.8. The Bertz CT molecular complexity index is 1420. The van der Waals surface area contributed by atoms with E-state index in [0.717, 1.165) is 12.2 Å². The molecule has 1 amide bonds. The number of pyridine rings is 1. The van der Waals surface area contributed by atoms with Gasteiger partial charge in [0.25, 0.3) is 5.91 Å². The predicted octanol–water partition coefficient (Wildman–Crippen LogP) is 3.52. The minimum Gasteiger partial charge on any atom is -0.479 e. The number of aromatic nitrogens is 3. The molecule has 1 fully saturated rings. The van der Waals surface area contributed by atoms with Crippen molar-refractivity contribution in [2.24, 2.45) is 0 Å². The van der Waals surface area contributed by atoms with Crippen molar-refractivity contribution >= 4 is 5.91 Å². The number of fused-ring (bicyclic) bond motifs is 3. The van der Waals surface area contributed by atoms with Crippen molar-refractivity contribution in [3.05, 3.63) is 95.7 Å². The Balaban J connectivity index is 1.23. The summed E-state index contributed by atoms with van der Waals surface area (Å²) >= 11 is 0. The average molecular weight is 496 g/mol. The van der Waals surface area contributed by atoms with Crippen LogP contribution in [0.15, 0.2) is 73.2 Å². The normalized spacial score (nSPS) is 19.3. The molecule has 2 atom stereocenters. The molecule has 1 aliphatic carbocycles. The van der Waals surface area contributed by atoms with Gasteiger partial charge in [0.1, 0.15) is 11.4 Å². The highest BCUT2D eigenvalue weighted by Crippen LogP contribution is 2.46. The van der Waals surface area contributed by atoms with Gasteiger partial charge in [-0.2, -0.15) is 0 Å². The van der Waals surface area contributed by atoms with Gasteiger partial charge in [0.15, 0.2) is 0 Å². The third-order valence-corrected chi connectivity index (χ3v) is 7.35. The van der Waals surface area contributed by atoms with E-state index in [1.165, 1.54) is 29.4 Å². The van der Waals surface area contributed by atoms with Crippen LogP contribution in [0.25, 0.3) is 16.8 Å². The molecule has 3 heterocycles. The number of amides is 1. The van der Waals surface area contributed by atoms with E-state index in [4.69, 9.17) is 4.74 Å². The van der Waals surface area contributed by atoms with Crippen LogP contribution in [-0.2, 0) is 0 Å². The first-order valence-electron chi connectivity index (χ1n) is 12.5. The van der Waals surface area contributed by atoms with Crippen LogP contribution in [0.3, 0.4) is 0 Å². The number of methoxy groups -OCH3 is 1. The minimum absolute atomic E-state index is 0.0930. The van der Waals surface area contributed by atoms with Crippen LogP contribution in [-0.4, -0.2) is 62.8 Å². The fourth-order valence-electron chi connectivity index (χ4n) is 5.57. The summed E-state index contributed by atoms with van der Waals surface area (Å²) in [6.45, 7) is 3.18. The summed E-state index contributed by atoms with van der Waals surface area (Å²) in [5.74, 6) is -0.0141. The summed E-state index contributed by atoms with van der Waals surface area (Å²) < 4.78 is 7.27. The first kappa shape index (κ1) is 23.4. The van der Waals surface area contributed by atoms with Gasteiger partial charge in [-0.3, -0.25) is 9.69 Å². The molecule has 1 aliphatic heterocycles. The lowest BCUT2D eigenvalue weighted by atomic mass is 9.96. The Morgan fingerprint density at radius 3 is 2.41 bits per heavy atom. The number of aliphatic hydroxyl groups is 1. The third kappa shape index (κ3) is 4.18. The number of ether oxygens (including phenoxy) is 1. The number of rotatable bonds is 5. The van der Waals surface area contributed by atoms with Gasteiger partial charge < -0.3 is 19.7 Å². The average Bonchev–Trinajstić information content (AvgIpc) is 3.51. The highest BCUT2D eigenvalue weighted by Gasteiger charge is 2.38. The fraction of sp³-hybridized carbons (Fsp3) is 0.276. The molecule has 8 heteroatoms. The van der Waals surface area contributed by atoms with E-state index in [1.807, 2.05) is 17.7 Å². The maximum absolute atomic E-state index is 13.2. The van der Waals surface area contributed by atoms with Crippen LogP contribution in [0.5, 0.6) is 5.88 Å². The molecule has 0 radical (unpaired) electrons. The van der Waals surface area contributed by atoms with Crippen molar-refractivity contribution in [1.29, 1.82) is 0 Å². The van der Waals surface area contributed by atoms with Crippen molar-refractivity contribution in [3.8, 4) is 22.7 Å². The van der Waals surface area contributed by atoms with Crippen molar-refractivity contribution in [2.45, 2.75) is 31.5 Å². The molecule has 8 nitrogen and oxygen atoms in total. The van der Waals surface area contributed by atoms with Crippen LogP contribution in [0.4, 0.5) is 0 Å². The third-order valence-electron chi connectivity index (χ3n) is 7.35. The van der Waals surface area contributed by atoms with Crippen molar-refractivity contribution in [2.75, 3.05) is 20.2 Å². The minimum atomic E-state index is -0.637. The van der Waals surface area contributed by atoms with E-state index in [-0.39, 0.29) is 17.6 Å². The van der Waals surface area contributed by atoms with Crippen LogP contribution in [0.2, 0.25) is 0 Å². The monoisotopic (exact) mass is 495 g/mol. The number of carbonyl (C=O) groups excluding carboxylic acids is 1. The molecule has 4 aromatic rings. The second-order valence-corrected chi connectivity index (χ2v) is 9.66. The maximum Gasteiger partial charge on any atom is 0.270 e. The summed E-state index contributed by atoms with van der Waals surface area (Å²) in [6, 6.07) is 20.1. The first-order chi connectivity index (χ1) is 18.0. The van der Waals surface area contributed by atoms with Crippen LogP contribution in [0, 0.1) is 6.92 Å². The highest BCUT2D eigenvalue weighted by atomic mass is 16.5. The number of aryl methyl sites for hydroxylation is 1. The summed E-state index contributed by atoms with van der Waals surface area (Å²) in [5.41, 5.74) is 6.83. The van der Waals surface area contributed by atoms with Gasteiger partial charge in [-0.15, -0.1) is 0 Å². The van der Waals surface area contributed by atoms with E-state index >= 15 is 0 Å². The Hall–Kier alpha value is -4.01. The van der Waals surface area contributed by atoms with Gasteiger partial charge in [0.2, 0.25) is 5.88 Å². The van der Waals surface area contributed by atoms with Crippen molar-refractivity contribution in [3.63, 3.8) is 0 Å². The molecule has 0 unspecified atom stereocenters. The van der Waals surface area contributed by atoms with Crippen LogP contribution in [0.1, 0.15) is 39.8 Å². The molecule has 0 saturated carbocycles. The lowest BCUT2D eigenvalue weighted by molar-refractivity contribution is 0.0340. The largest absolute Gasteiger partial charge is 0.479 e. The molecule has 2 aromatic heterocycles. The zero-order chi connectivity index (χ0) is 25.5. The molecule has 1 saturated heterocycles. The number of aliphatic hydroxyl groups excluding tert-OH is 1. The molecule has 37 heavy (non-hydrogen) atoms. The highest BCUT2D eigenvalue weighted by molar-refractivity contribution is 5.93. The quantitative estimate of drug-likeness (QED) is 0.440. The number of hydrogen-bond donors (Lipinski definition) is 2. The molecule has 0 spiro atoms. The van der Waals surface area contributed by atoms with Gasteiger partial charge in [-0.1, -0.05) is 48.5 Å². The number of piperidine rings is 1. The van der Waals surface area contributed by atoms with E-state index in [2.05, 4.69) is 68.7 Å². The predicted molar refractivity (Wildman–Crippen MR) is 140 cm³/mol. The lowest BCUT2D eigenvalue weighted by Gasteiger charge is -2.40. The fourth-order valence-corrected chi connectivity index (χ4v) is 5.57. The SMILES string of the molecule is COc1nc(C(=O)N[C@@H]2CN(C3c4ccccc4-c4ccccc43)CC[C@H]2O)ccc1-n1cnc(C)c1. The molecule has 2 N–H and O–H groups in total. The number of nitrogens with zero attached hydrogens (tertiary/aromatic N) is 4. The van der Waals surface area contributed by atoms with E-state index in [1.54, 1.807) is 18.5 Å². The topological polar surface area (TPSA) is 92.5 Å². The number of likely N-dealkylation sites (tertiary alicyclic amines) is 1. The van der Waals surface area contributed by atoms with E-state index in [0.29, 0.717) is 24.5 Å². The standard InChI is InChI=1S/C29H29N5O3/c1-18-15-34(17-30-18)25-12-11-23(32-29(25)37-2)28(36)31-24-16-33(14-13-26(24)35)27-21-9-5-3-7-19(21)20-8-4-6-10-22(20)27/h3-12,15,17,24,26-27,35H,13-14,16H2,1-2H3,(H,31,36)/t24-,26-/m1/s1. The number of hydrogen-bond acceptors (Lipinski definition) is 6. The van der Waals surface area contributed by atoms with Gasteiger partial charge in [0.05, 0.1) is 37.3 Å². The second-order valence-electron chi connectivity index (χ2n) is 9.66. The second kappa shape index (κ2) is 9.46. The van der Waals surface area contributed by atoms with Crippen molar-refractivity contribution < 1.29 is 14.6 Å². The summed E-state index contributed by atoms with van der Waals surface area (Å²) in [7, 11) is 1.53. The number of imidazole rings is 1. The number of carbonyl (C=O) groups is 1. The zero-order valence-corrected chi connectivity index (χ0v) is 20.8. The Kier molecular flexibility index (Phi) is 5.98. The Morgan fingerprint density at radius 2 is 1.76 bits per heavy atom. The summed E-state index contributed by atoms with van der Waals surface area (Å²) in [6.07, 6.45) is 3.48. The van der Waals surface area contributed by atoms with Gasteiger partial charge in [0, 0.05) is 19.3 Å².